The Hall–Kier alpha value is -0.160. The van der Waals surface area contributed by atoms with Gasteiger partial charge in [-0.05, 0) is 27.2 Å². The molecule has 1 aliphatic heterocycles. The second kappa shape index (κ2) is 6.55. The van der Waals surface area contributed by atoms with Crippen LogP contribution in [-0.2, 0) is 9.47 Å². The van der Waals surface area contributed by atoms with E-state index >= 15 is 0 Å². The lowest BCUT2D eigenvalue weighted by Gasteiger charge is -2.22. The Morgan fingerprint density at radius 3 is 2.38 bits per heavy atom. The van der Waals surface area contributed by atoms with Gasteiger partial charge >= 0.3 is 0 Å². The average Bonchev–Trinajstić information content (AvgIpc) is 2.55. The smallest absolute Gasteiger partial charge is 0.158 e. The number of rotatable bonds is 7. The van der Waals surface area contributed by atoms with Gasteiger partial charge in [0.05, 0.1) is 5.60 Å². The van der Waals surface area contributed by atoms with Gasteiger partial charge in [-0.25, -0.2) is 0 Å². The first-order valence-electron chi connectivity index (χ1n) is 6.25. The van der Waals surface area contributed by atoms with Gasteiger partial charge in [0.1, 0.15) is 0 Å². The first-order valence-corrected chi connectivity index (χ1v) is 6.25. The van der Waals surface area contributed by atoms with Crippen LogP contribution in [0.2, 0.25) is 0 Å². The molecule has 0 aromatic rings. The van der Waals surface area contributed by atoms with Crippen LogP contribution < -0.4 is 0 Å². The molecule has 1 saturated heterocycles. The Morgan fingerprint density at radius 2 is 1.94 bits per heavy atom. The van der Waals surface area contributed by atoms with E-state index in [9.17, 15) is 5.11 Å². The zero-order valence-electron chi connectivity index (χ0n) is 10.7. The number of aliphatic hydroxyl groups is 1. The van der Waals surface area contributed by atoms with Gasteiger partial charge in [-0.15, -0.1) is 0 Å². The van der Waals surface area contributed by atoms with Gasteiger partial charge in [0.15, 0.2) is 6.29 Å². The molecule has 1 fully saturated rings. The lowest BCUT2D eigenvalue weighted by Crippen LogP contribution is -2.32. The molecular formula is C12H25NO3. The fourth-order valence-corrected chi connectivity index (χ4v) is 2.10. The highest BCUT2D eigenvalue weighted by Gasteiger charge is 2.31. The van der Waals surface area contributed by atoms with Crippen molar-refractivity contribution in [2.45, 2.75) is 45.5 Å². The van der Waals surface area contributed by atoms with Gasteiger partial charge in [0, 0.05) is 39.3 Å². The van der Waals surface area contributed by atoms with Gasteiger partial charge in [0.25, 0.3) is 0 Å². The summed E-state index contributed by atoms with van der Waals surface area (Å²) in [6.07, 6.45) is 1.64. The number of nitrogens with zero attached hydrogens (tertiary/aromatic N) is 1. The summed E-state index contributed by atoms with van der Waals surface area (Å²) in [6.45, 7) is 9.89. The van der Waals surface area contributed by atoms with Crippen LogP contribution >= 0.6 is 0 Å². The predicted octanol–water partition coefficient (Wildman–Crippen LogP) is 1.23. The number of β-amino-alcohol motifs (C(OH)–C–C–N with tert-alkyl or cyclic N) is 1. The maximum atomic E-state index is 9.83. The van der Waals surface area contributed by atoms with E-state index in [2.05, 4.69) is 4.90 Å². The molecule has 1 rings (SSSR count). The second-order valence-electron chi connectivity index (χ2n) is 4.65. The number of likely N-dealkylation sites (tertiary alicyclic amines) is 1. The Balaban J connectivity index is 2.22. The molecule has 0 aromatic heterocycles. The normalized spacial score (nSPS) is 26.8. The molecule has 1 N–H and O–H groups in total. The van der Waals surface area contributed by atoms with E-state index in [-0.39, 0.29) is 6.29 Å². The third-order valence-corrected chi connectivity index (χ3v) is 2.92. The molecule has 1 heterocycles. The van der Waals surface area contributed by atoms with Crippen LogP contribution in [0.5, 0.6) is 0 Å². The SMILES string of the molecule is CCOC(CCN1CCC(C)(O)C1)OCC. The summed E-state index contributed by atoms with van der Waals surface area (Å²) >= 11 is 0. The molecule has 1 aliphatic rings. The molecule has 0 aromatic carbocycles. The summed E-state index contributed by atoms with van der Waals surface area (Å²) in [5, 5.41) is 9.83. The second-order valence-corrected chi connectivity index (χ2v) is 4.65. The molecule has 0 saturated carbocycles. The van der Waals surface area contributed by atoms with Crippen molar-refractivity contribution in [2.24, 2.45) is 0 Å². The molecular weight excluding hydrogens is 206 g/mol. The van der Waals surface area contributed by atoms with Crippen molar-refractivity contribution in [2.75, 3.05) is 32.8 Å². The summed E-state index contributed by atoms with van der Waals surface area (Å²) in [5.41, 5.74) is -0.507. The molecule has 1 unspecified atom stereocenters. The highest BCUT2D eigenvalue weighted by molar-refractivity contribution is 4.85. The summed E-state index contributed by atoms with van der Waals surface area (Å²) in [5.74, 6) is 0. The summed E-state index contributed by atoms with van der Waals surface area (Å²) in [4.78, 5) is 2.27. The summed E-state index contributed by atoms with van der Waals surface area (Å²) in [6, 6.07) is 0. The standard InChI is InChI=1S/C12H25NO3/c1-4-15-11(16-5-2)6-8-13-9-7-12(3,14)10-13/h11,14H,4-10H2,1-3H3. The minimum Gasteiger partial charge on any atom is -0.389 e. The quantitative estimate of drug-likeness (QED) is 0.669. The number of ether oxygens (including phenoxy) is 2. The topological polar surface area (TPSA) is 41.9 Å². The fraction of sp³-hybridized carbons (Fsp3) is 1.00. The first kappa shape index (κ1) is 13.9. The van der Waals surface area contributed by atoms with E-state index in [1.165, 1.54) is 0 Å². The van der Waals surface area contributed by atoms with E-state index in [4.69, 9.17) is 9.47 Å². The van der Waals surface area contributed by atoms with Crippen LogP contribution in [0.1, 0.15) is 33.6 Å². The van der Waals surface area contributed by atoms with Crippen LogP contribution in [0.25, 0.3) is 0 Å². The third-order valence-electron chi connectivity index (χ3n) is 2.92. The maximum absolute atomic E-state index is 9.83. The monoisotopic (exact) mass is 231 g/mol. The molecule has 96 valence electrons. The van der Waals surface area contributed by atoms with Crippen molar-refractivity contribution in [1.82, 2.24) is 4.90 Å². The third kappa shape index (κ3) is 4.78. The highest BCUT2D eigenvalue weighted by atomic mass is 16.7. The van der Waals surface area contributed by atoms with Crippen LogP contribution in [0.15, 0.2) is 0 Å². The van der Waals surface area contributed by atoms with Crippen molar-refractivity contribution >= 4 is 0 Å². The van der Waals surface area contributed by atoms with Crippen molar-refractivity contribution < 1.29 is 14.6 Å². The lowest BCUT2D eigenvalue weighted by atomic mass is 10.1. The summed E-state index contributed by atoms with van der Waals surface area (Å²) < 4.78 is 11.0. The molecule has 0 radical (unpaired) electrons. The average molecular weight is 231 g/mol. The zero-order valence-corrected chi connectivity index (χ0v) is 10.7. The molecule has 4 heteroatoms. The Bertz CT molecular complexity index is 189. The molecule has 4 nitrogen and oxygen atoms in total. The van der Waals surface area contributed by atoms with Gasteiger partial charge in [-0.1, -0.05) is 0 Å². The van der Waals surface area contributed by atoms with E-state index < -0.39 is 5.60 Å². The van der Waals surface area contributed by atoms with Gasteiger partial charge < -0.3 is 19.5 Å². The van der Waals surface area contributed by atoms with E-state index in [1.807, 2.05) is 20.8 Å². The first-order chi connectivity index (χ1) is 7.57. The van der Waals surface area contributed by atoms with Crippen LogP contribution in [0.4, 0.5) is 0 Å². The van der Waals surface area contributed by atoms with Crippen molar-refractivity contribution in [3.05, 3.63) is 0 Å². The zero-order chi connectivity index (χ0) is 12.0. The number of hydrogen-bond acceptors (Lipinski definition) is 4. The summed E-state index contributed by atoms with van der Waals surface area (Å²) in [7, 11) is 0. The van der Waals surface area contributed by atoms with Crippen LogP contribution in [0, 0.1) is 0 Å². The molecule has 0 aliphatic carbocycles. The van der Waals surface area contributed by atoms with E-state index in [0.717, 1.165) is 32.5 Å². The molecule has 16 heavy (non-hydrogen) atoms. The lowest BCUT2D eigenvalue weighted by molar-refractivity contribution is -0.141. The highest BCUT2D eigenvalue weighted by Crippen LogP contribution is 2.20. The van der Waals surface area contributed by atoms with Crippen LogP contribution in [0.3, 0.4) is 0 Å². The van der Waals surface area contributed by atoms with Crippen molar-refractivity contribution in [3.8, 4) is 0 Å². The van der Waals surface area contributed by atoms with Gasteiger partial charge in [-0.2, -0.15) is 0 Å². The Morgan fingerprint density at radius 1 is 1.31 bits per heavy atom. The number of hydrogen-bond donors (Lipinski definition) is 1. The molecule has 0 bridgehead atoms. The minimum absolute atomic E-state index is 0.0967. The van der Waals surface area contributed by atoms with Gasteiger partial charge in [-0.3, -0.25) is 0 Å². The maximum Gasteiger partial charge on any atom is 0.158 e. The minimum atomic E-state index is -0.507. The van der Waals surface area contributed by atoms with Gasteiger partial charge in [0.2, 0.25) is 0 Å². The molecule has 0 amide bonds. The molecule has 0 spiro atoms. The Labute approximate surface area is 98.5 Å². The Kier molecular flexibility index (Phi) is 5.69. The predicted molar refractivity (Wildman–Crippen MR) is 63.3 cm³/mol. The van der Waals surface area contributed by atoms with E-state index in [0.29, 0.717) is 13.2 Å². The van der Waals surface area contributed by atoms with Crippen molar-refractivity contribution in [1.29, 1.82) is 0 Å². The van der Waals surface area contributed by atoms with Crippen LogP contribution in [-0.4, -0.2) is 54.7 Å². The molecule has 1 atom stereocenters. The largest absolute Gasteiger partial charge is 0.389 e. The fourth-order valence-electron chi connectivity index (χ4n) is 2.10. The van der Waals surface area contributed by atoms with Crippen molar-refractivity contribution in [3.63, 3.8) is 0 Å². The van der Waals surface area contributed by atoms with E-state index in [1.54, 1.807) is 0 Å².